The standard InChI is InChI=1S/C12H19NO/c1-3-5-6-12(14)11-9-13-8-7-10(11)4-2/h7-9,12,14H,3-6H2,1-2H3/t12-/m0/s1. The Balaban J connectivity index is 2.72. The number of aliphatic hydroxyl groups is 1. The van der Waals surface area contributed by atoms with Crippen LogP contribution in [-0.4, -0.2) is 10.1 Å². The van der Waals surface area contributed by atoms with Crippen molar-refractivity contribution >= 4 is 0 Å². The lowest BCUT2D eigenvalue weighted by Gasteiger charge is -2.13. The quantitative estimate of drug-likeness (QED) is 0.780. The van der Waals surface area contributed by atoms with E-state index in [1.807, 2.05) is 6.07 Å². The smallest absolute Gasteiger partial charge is 0.0807 e. The van der Waals surface area contributed by atoms with Crippen molar-refractivity contribution in [3.8, 4) is 0 Å². The summed E-state index contributed by atoms with van der Waals surface area (Å²) in [7, 11) is 0. The molecule has 0 saturated heterocycles. The Morgan fingerprint density at radius 2 is 2.21 bits per heavy atom. The molecule has 0 amide bonds. The van der Waals surface area contributed by atoms with Gasteiger partial charge in [-0.25, -0.2) is 0 Å². The van der Waals surface area contributed by atoms with E-state index in [0.29, 0.717) is 0 Å². The summed E-state index contributed by atoms with van der Waals surface area (Å²) in [4.78, 5) is 4.06. The zero-order valence-electron chi connectivity index (χ0n) is 9.03. The molecule has 0 unspecified atom stereocenters. The predicted octanol–water partition coefficient (Wildman–Crippen LogP) is 2.87. The van der Waals surface area contributed by atoms with Crippen LogP contribution >= 0.6 is 0 Å². The number of pyridine rings is 1. The number of rotatable bonds is 5. The van der Waals surface area contributed by atoms with Crippen LogP contribution < -0.4 is 0 Å². The Morgan fingerprint density at radius 1 is 1.43 bits per heavy atom. The van der Waals surface area contributed by atoms with E-state index in [9.17, 15) is 5.11 Å². The molecule has 14 heavy (non-hydrogen) atoms. The summed E-state index contributed by atoms with van der Waals surface area (Å²) in [5.41, 5.74) is 2.21. The number of nitrogens with zero attached hydrogens (tertiary/aromatic N) is 1. The lowest BCUT2D eigenvalue weighted by Crippen LogP contribution is -2.02. The van der Waals surface area contributed by atoms with E-state index < -0.39 is 0 Å². The number of hydrogen-bond donors (Lipinski definition) is 1. The summed E-state index contributed by atoms with van der Waals surface area (Å²) in [6, 6.07) is 1.99. The van der Waals surface area contributed by atoms with Crippen LogP contribution in [0.1, 0.15) is 50.3 Å². The van der Waals surface area contributed by atoms with Crippen LogP contribution in [0.2, 0.25) is 0 Å². The Bertz CT molecular complexity index is 273. The van der Waals surface area contributed by atoms with Gasteiger partial charge in [-0.2, -0.15) is 0 Å². The van der Waals surface area contributed by atoms with Gasteiger partial charge in [0.1, 0.15) is 0 Å². The SMILES string of the molecule is CCCC[C@H](O)c1cnccc1CC. The summed E-state index contributed by atoms with van der Waals surface area (Å²) >= 11 is 0. The number of aryl methyl sites for hydroxylation is 1. The molecule has 1 rings (SSSR count). The normalized spacial score (nSPS) is 12.8. The van der Waals surface area contributed by atoms with Crippen molar-refractivity contribution in [3.05, 3.63) is 29.6 Å². The maximum Gasteiger partial charge on any atom is 0.0807 e. The summed E-state index contributed by atoms with van der Waals surface area (Å²) in [6.45, 7) is 4.24. The summed E-state index contributed by atoms with van der Waals surface area (Å²) in [5, 5.41) is 9.92. The highest BCUT2D eigenvalue weighted by molar-refractivity contribution is 5.25. The van der Waals surface area contributed by atoms with Crippen molar-refractivity contribution in [1.29, 1.82) is 0 Å². The minimum atomic E-state index is -0.335. The van der Waals surface area contributed by atoms with Crippen LogP contribution in [0.5, 0.6) is 0 Å². The van der Waals surface area contributed by atoms with E-state index in [2.05, 4.69) is 18.8 Å². The highest BCUT2D eigenvalue weighted by atomic mass is 16.3. The molecule has 0 fully saturated rings. The van der Waals surface area contributed by atoms with Crippen molar-refractivity contribution in [2.24, 2.45) is 0 Å². The molecule has 0 aliphatic heterocycles. The molecule has 78 valence electrons. The Morgan fingerprint density at radius 3 is 2.86 bits per heavy atom. The molecule has 0 aliphatic carbocycles. The molecule has 2 nitrogen and oxygen atoms in total. The van der Waals surface area contributed by atoms with Crippen molar-refractivity contribution in [2.75, 3.05) is 0 Å². The van der Waals surface area contributed by atoms with Crippen LogP contribution in [0.15, 0.2) is 18.5 Å². The molecule has 0 saturated carbocycles. The third kappa shape index (κ3) is 2.81. The first-order valence-electron chi connectivity index (χ1n) is 5.40. The van der Waals surface area contributed by atoms with Gasteiger partial charge in [-0.15, -0.1) is 0 Å². The molecule has 1 aromatic rings. The van der Waals surface area contributed by atoms with Gasteiger partial charge in [0.15, 0.2) is 0 Å². The Hall–Kier alpha value is -0.890. The number of hydrogen-bond acceptors (Lipinski definition) is 2. The second-order valence-electron chi connectivity index (χ2n) is 3.59. The molecule has 0 spiro atoms. The van der Waals surface area contributed by atoms with E-state index >= 15 is 0 Å². The highest BCUT2D eigenvalue weighted by Crippen LogP contribution is 2.22. The van der Waals surface area contributed by atoms with Gasteiger partial charge in [0.2, 0.25) is 0 Å². The van der Waals surface area contributed by atoms with Gasteiger partial charge in [0.25, 0.3) is 0 Å². The molecule has 1 N–H and O–H groups in total. The van der Waals surface area contributed by atoms with Gasteiger partial charge in [-0.05, 0) is 24.5 Å². The largest absolute Gasteiger partial charge is 0.388 e. The maximum absolute atomic E-state index is 9.92. The second-order valence-corrected chi connectivity index (χ2v) is 3.59. The van der Waals surface area contributed by atoms with E-state index in [-0.39, 0.29) is 6.10 Å². The first-order chi connectivity index (χ1) is 6.79. The third-order valence-electron chi connectivity index (χ3n) is 2.52. The molecule has 0 bridgehead atoms. The predicted molar refractivity (Wildman–Crippen MR) is 58.1 cm³/mol. The minimum Gasteiger partial charge on any atom is -0.388 e. The highest BCUT2D eigenvalue weighted by Gasteiger charge is 2.10. The van der Waals surface area contributed by atoms with Crippen molar-refractivity contribution < 1.29 is 5.11 Å². The van der Waals surface area contributed by atoms with E-state index in [4.69, 9.17) is 0 Å². The van der Waals surface area contributed by atoms with E-state index in [0.717, 1.165) is 31.2 Å². The van der Waals surface area contributed by atoms with E-state index in [1.54, 1.807) is 12.4 Å². The Labute approximate surface area is 86.0 Å². The van der Waals surface area contributed by atoms with Crippen LogP contribution in [0, 0.1) is 0 Å². The first-order valence-corrected chi connectivity index (χ1v) is 5.40. The molecule has 0 radical (unpaired) electrons. The zero-order valence-corrected chi connectivity index (χ0v) is 9.03. The zero-order chi connectivity index (χ0) is 10.4. The average molecular weight is 193 g/mol. The van der Waals surface area contributed by atoms with Crippen LogP contribution in [0.25, 0.3) is 0 Å². The third-order valence-corrected chi connectivity index (χ3v) is 2.52. The fourth-order valence-electron chi connectivity index (χ4n) is 1.61. The maximum atomic E-state index is 9.92. The molecule has 0 aromatic carbocycles. The van der Waals surface area contributed by atoms with Crippen molar-refractivity contribution in [1.82, 2.24) is 4.98 Å². The number of aromatic nitrogens is 1. The van der Waals surface area contributed by atoms with Crippen molar-refractivity contribution in [2.45, 2.75) is 45.6 Å². The monoisotopic (exact) mass is 193 g/mol. The summed E-state index contributed by atoms with van der Waals surface area (Å²) in [5.74, 6) is 0. The first kappa shape index (κ1) is 11.2. The molecule has 1 aromatic heterocycles. The Kier molecular flexibility index (Phi) is 4.60. The molecule has 2 heteroatoms. The fourth-order valence-corrected chi connectivity index (χ4v) is 1.61. The summed E-state index contributed by atoms with van der Waals surface area (Å²) < 4.78 is 0. The van der Waals surface area contributed by atoms with Gasteiger partial charge in [-0.1, -0.05) is 26.7 Å². The fraction of sp³-hybridized carbons (Fsp3) is 0.583. The topological polar surface area (TPSA) is 33.1 Å². The van der Waals surface area contributed by atoms with Gasteiger partial charge in [0, 0.05) is 18.0 Å². The number of aliphatic hydroxyl groups excluding tert-OH is 1. The minimum absolute atomic E-state index is 0.335. The average Bonchev–Trinajstić information content (AvgIpc) is 2.25. The molecular weight excluding hydrogens is 174 g/mol. The van der Waals surface area contributed by atoms with Gasteiger partial charge >= 0.3 is 0 Å². The van der Waals surface area contributed by atoms with Crippen LogP contribution in [0.3, 0.4) is 0 Å². The van der Waals surface area contributed by atoms with Gasteiger partial charge < -0.3 is 5.11 Å². The lowest BCUT2D eigenvalue weighted by atomic mass is 9.99. The molecule has 0 aliphatic rings. The van der Waals surface area contributed by atoms with E-state index in [1.165, 1.54) is 5.56 Å². The second kappa shape index (κ2) is 5.76. The van der Waals surface area contributed by atoms with Crippen LogP contribution in [0.4, 0.5) is 0 Å². The van der Waals surface area contributed by atoms with Gasteiger partial charge in [-0.3, -0.25) is 4.98 Å². The van der Waals surface area contributed by atoms with Crippen LogP contribution in [-0.2, 0) is 6.42 Å². The molecule has 1 atom stereocenters. The lowest BCUT2D eigenvalue weighted by molar-refractivity contribution is 0.163. The molecular formula is C12H19NO. The molecule has 1 heterocycles. The number of unbranched alkanes of at least 4 members (excludes halogenated alkanes) is 1. The van der Waals surface area contributed by atoms with Gasteiger partial charge in [0.05, 0.1) is 6.10 Å². The van der Waals surface area contributed by atoms with Crippen molar-refractivity contribution in [3.63, 3.8) is 0 Å². The summed E-state index contributed by atoms with van der Waals surface area (Å²) in [6.07, 6.45) is 7.24.